The van der Waals surface area contributed by atoms with Crippen LogP contribution in [-0.2, 0) is 0 Å². The van der Waals surface area contributed by atoms with Crippen LogP contribution in [0.15, 0.2) is 47.4 Å². The Morgan fingerprint density at radius 3 is 2.53 bits per heavy atom. The molecular formula is C14H13ClN2OS. The molecule has 1 amide bonds. The zero-order chi connectivity index (χ0) is 13.8. The molecule has 3 nitrogen and oxygen atoms in total. The molecule has 5 heteroatoms. The molecule has 0 aliphatic carbocycles. The second-order valence-electron chi connectivity index (χ2n) is 3.91. The number of nitrogen functional groups attached to an aromatic ring is 1. The van der Waals surface area contributed by atoms with E-state index in [2.05, 4.69) is 5.32 Å². The van der Waals surface area contributed by atoms with Gasteiger partial charge in [-0.15, -0.1) is 11.8 Å². The first-order valence-corrected chi connectivity index (χ1v) is 7.21. The third-order valence-electron chi connectivity index (χ3n) is 2.61. The lowest BCUT2D eigenvalue weighted by molar-refractivity contribution is 0.102. The van der Waals surface area contributed by atoms with Crippen LogP contribution in [0.5, 0.6) is 0 Å². The lowest BCUT2D eigenvalue weighted by atomic mass is 10.1. The minimum absolute atomic E-state index is 0.267. The molecule has 0 atom stereocenters. The molecule has 3 N–H and O–H groups in total. The summed E-state index contributed by atoms with van der Waals surface area (Å²) in [4.78, 5) is 13.2. The Morgan fingerprint density at radius 1 is 1.21 bits per heavy atom. The summed E-state index contributed by atoms with van der Waals surface area (Å²) in [5, 5.41) is 3.27. The van der Waals surface area contributed by atoms with Crippen molar-refractivity contribution in [2.75, 3.05) is 17.3 Å². The predicted octanol–water partition coefficient (Wildman–Crippen LogP) is 3.90. The van der Waals surface area contributed by atoms with Gasteiger partial charge in [0.15, 0.2) is 0 Å². The largest absolute Gasteiger partial charge is 0.398 e. The number of rotatable bonds is 3. The number of carbonyl (C=O) groups is 1. The highest BCUT2D eigenvalue weighted by molar-refractivity contribution is 7.98. The Kier molecular flexibility index (Phi) is 4.35. The van der Waals surface area contributed by atoms with Gasteiger partial charge in [0.1, 0.15) is 0 Å². The predicted molar refractivity (Wildman–Crippen MR) is 82.0 cm³/mol. The Hall–Kier alpha value is -1.65. The van der Waals surface area contributed by atoms with Crippen LogP contribution in [0.25, 0.3) is 0 Å². The van der Waals surface area contributed by atoms with Crippen molar-refractivity contribution in [1.82, 2.24) is 0 Å². The minimum Gasteiger partial charge on any atom is -0.398 e. The topological polar surface area (TPSA) is 55.1 Å². The number of thioether (sulfide) groups is 1. The summed E-state index contributed by atoms with van der Waals surface area (Å²) >= 11 is 7.51. The smallest absolute Gasteiger partial charge is 0.257 e. The maximum Gasteiger partial charge on any atom is 0.257 e. The van der Waals surface area contributed by atoms with Crippen molar-refractivity contribution in [3.05, 3.63) is 53.1 Å². The maximum absolute atomic E-state index is 12.1. The number of hydrogen-bond donors (Lipinski definition) is 2. The average molecular weight is 293 g/mol. The van der Waals surface area contributed by atoms with Crippen molar-refractivity contribution in [3.63, 3.8) is 0 Å². The number of carbonyl (C=O) groups excluding carboxylic acids is 1. The highest BCUT2D eigenvalue weighted by Crippen LogP contribution is 2.21. The standard InChI is InChI=1S/C14H13ClN2OS/c1-19-11-5-3-10(4-6-11)17-14(18)12-8-9(15)2-7-13(12)16/h2-8H,16H2,1H3,(H,17,18). The molecular weight excluding hydrogens is 280 g/mol. The molecule has 0 saturated heterocycles. The number of amides is 1. The van der Waals surface area contributed by atoms with Crippen LogP contribution in [0.1, 0.15) is 10.4 Å². The molecule has 19 heavy (non-hydrogen) atoms. The quantitative estimate of drug-likeness (QED) is 0.666. The number of nitrogens with one attached hydrogen (secondary N) is 1. The van der Waals surface area contributed by atoms with Crippen LogP contribution in [0.4, 0.5) is 11.4 Å². The van der Waals surface area contributed by atoms with Crippen LogP contribution in [-0.4, -0.2) is 12.2 Å². The molecule has 0 unspecified atom stereocenters. The SMILES string of the molecule is CSc1ccc(NC(=O)c2cc(Cl)ccc2N)cc1. The maximum atomic E-state index is 12.1. The van der Waals surface area contributed by atoms with Gasteiger partial charge >= 0.3 is 0 Å². The Labute approximate surface area is 121 Å². The van der Waals surface area contributed by atoms with Crippen LogP contribution in [0.2, 0.25) is 5.02 Å². The second kappa shape index (κ2) is 5.99. The molecule has 2 aromatic rings. The fraction of sp³-hybridized carbons (Fsp3) is 0.0714. The van der Waals surface area contributed by atoms with Crippen molar-refractivity contribution < 1.29 is 4.79 Å². The summed E-state index contributed by atoms with van der Waals surface area (Å²) in [6, 6.07) is 12.4. The first-order valence-electron chi connectivity index (χ1n) is 5.60. The van der Waals surface area contributed by atoms with E-state index in [1.807, 2.05) is 30.5 Å². The summed E-state index contributed by atoms with van der Waals surface area (Å²) in [7, 11) is 0. The number of nitrogens with two attached hydrogens (primary N) is 1. The first-order chi connectivity index (χ1) is 9.10. The fourth-order valence-corrected chi connectivity index (χ4v) is 2.18. The van der Waals surface area contributed by atoms with Gasteiger partial charge < -0.3 is 11.1 Å². The van der Waals surface area contributed by atoms with Crippen LogP contribution >= 0.6 is 23.4 Å². The summed E-state index contributed by atoms with van der Waals surface area (Å²) in [6.45, 7) is 0. The molecule has 2 aromatic carbocycles. The molecule has 0 saturated carbocycles. The van der Waals surface area contributed by atoms with Crippen molar-refractivity contribution in [2.45, 2.75) is 4.90 Å². The van der Waals surface area contributed by atoms with E-state index in [1.54, 1.807) is 30.0 Å². The number of anilines is 2. The van der Waals surface area contributed by atoms with Gasteiger partial charge in [-0.1, -0.05) is 11.6 Å². The first kappa shape index (κ1) is 13.8. The number of hydrogen-bond acceptors (Lipinski definition) is 3. The lowest BCUT2D eigenvalue weighted by Gasteiger charge is -2.08. The van der Waals surface area contributed by atoms with E-state index in [0.29, 0.717) is 16.3 Å². The van der Waals surface area contributed by atoms with Gasteiger partial charge in [0.05, 0.1) is 5.56 Å². The zero-order valence-electron chi connectivity index (χ0n) is 10.3. The molecule has 0 spiro atoms. The van der Waals surface area contributed by atoms with Gasteiger partial charge in [-0.3, -0.25) is 4.79 Å². The monoisotopic (exact) mass is 292 g/mol. The fourth-order valence-electron chi connectivity index (χ4n) is 1.60. The van der Waals surface area contributed by atoms with Gasteiger partial charge in [0, 0.05) is 21.3 Å². The molecule has 2 rings (SSSR count). The highest BCUT2D eigenvalue weighted by atomic mass is 35.5. The van der Waals surface area contributed by atoms with Crippen LogP contribution < -0.4 is 11.1 Å². The summed E-state index contributed by atoms with van der Waals surface area (Å²) < 4.78 is 0. The van der Waals surface area contributed by atoms with Crippen molar-refractivity contribution >= 4 is 40.6 Å². The Balaban J connectivity index is 2.18. The molecule has 0 radical (unpaired) electrons. The highest BCUT2D eigenvalue weighted by Gasteiger charge is 2.10. The van der Waals surface area contributed by atoms with Gasteiger partial charge in [0.2, 0.25) is 0 Å². The van der Waals surface area contributed by atoms with Gasteiger partial charge in [-0.05, 0) is 48.7 Å². The normalized spacial score (nSPS) is 10.2. The molecule has 0 aliphatic heterocycles. The van der Waals surface area contributed by atoms with Crippen molar-refractivity contribution in [2.24, 2.45) is 0 Å². The van der Waals surface area contributed by atoms with Gasteiger partial charge in [-0.25, -0.2) is 0 Å². The van der Waals surface area contributed by atoms with Crippen molar-refractivity contribution in [3.8, 4) is 0 Å². The van der Waals surface area contributed by atoms with Gasteiger partial charge in [0.25, 0.3) is 5.91 Å². The Morgan fingerprint density at radius 2 is 1.89 bits per heavy atom. The van der Waals surface area contributed by atoms with Gasteiger partial charge in [-0.2, -0.15) is 0 Å². The molecule has 0 heterocycles. The third-order valence-corrected chi connectivity index (χ3v) is 3.59. The molecule has 0 aromatic heterocycles. The van der Waals surface area contributed by atoms with E-state index >= 15 is 0 Å². The van der Waals surface area contributed by atoms with E-state index in [1.165, 1.54) is 0 Å². The van der Waals surface area contributed by atoms with E-state index in [-0.39, 0.29) is 5.91 Å². The summed E-state index contributed by atoms with van der Waals surface area (Å²) in [6.07, 6.45) is 2.00. The van der Waals surface area contributed by atoms with E-state index in [4.69, 9.17) is 17.3 Å². The van der Waals surface area contributed by atoms with Crippen LogP contribution in [0.3, 0.4) is 0 Å². The minimum atomic E-state index is -0.267. The number of benzene rings is 2. The third kappa shape index (κ3) is 3.43. The molecule has 0 bridgehead atoms. The van der Waals surface area contributed by atoms with E-state index in [0.717, 1.165) is 10.6 Å². The molecule has 0 aliphatic rings. The summed E-state index contributed by atoms with van der Waals surface area (Å²) in [5.41, 5.74) is 7.27. The lowest BCUT2D eigenvalue weighted by Crippen LogP contribution is -2.13. The Bertz CT molecular complexity index is 599. The summed E-state index contributed by atoms with van der Waals surface area (Å²) in [5.74, 6) is -0.267. The zero-order valence-corrected chi connectivity index (χ0v) is 11.9. The van der Waals surface area contributed by atoms with Crippen molar-refractivity contribution in [1.29, 1.82) is 0 Å². The number of halogens is 1. The van der Waals surface area contributed by atoms with Crippen LogP contribution in [0, 0.1) is 0 Å². The molecule has 0 fully saturated rings. The molecule has 98 valence electrons. The second-order valence-corrected chi connectivity index (χ2v) is 5.23. The van der Waals surface area contributed by atoms with E-state index in [9.17, 15) is 4.79 Å². The van der Waals surface area contributed by atoms with E-state index < -0.39 is 0 Å². The average Bonchev–Trinajstić information content (AvgIpc) is 2.42.